The molecule has 0 radical (unpaired) electrons. The van der Waals surface area contributed by atoms with E-state index in [1.165, 1.54) is 44.9 Å². The number of unbranched alkanes of at least 4 members (excludes halogenated alkanes) is 2. The molecule has 0 unspecified atom stereocenters. The summed E-state index contributed by atoms with van der Waals surface area (Å²) < 4.78 is 5.93. The highest BCUT2D eigenvalue weighted by Gasteiger charge is 2.12. The van der Waals surface area contributed by atoms with Gasteiger partial charge in [0, 0.05) is 26.2 Å². The molecule has 1 aliphatic carbocycles. The van der Waals surface area contributed by atoms with E-state index in [9.17, 15) is 0 Å². The fourth-order valence-electron chi connectivity index (χ4n) is 2.57. The predicted molar refractivity (Wildman–Crippen MR) is 86.3 cm³/mol. The highest BCUT2D eigenvalue weighted by Crippen LogP contribution is 2.20. The molecule has 0 spiro atoms. The van der Waals surface area contributed by atoms with E-state index in [0.29, 0.717) is 6.10 Å². The molecule has 4 heteroatoms. The topological polar surface area (TPSA) is 45.7 Å². The van der Waals surface area contributed by atoms with Crippen LogP contribution in [0.3, 0.4) is 0 Å². The normalized spacial score (nSPS) is 15.9. The molecule has 0 atom stereocenters. The van der Waals surface area contributed by atoms with Gasteiger partial charge in [0.05, 0.1) is 6.10 Å². The molecule has 0 bridgehead atoms. The van der Waals surface area contributed by atoms with Gasteiger partial charge >= 0.3 is 0 Å². The van der Waals surface area contributed by atoms with E-state index in [0.717, 1.165) is 38.6 Å². The molecule has 0 aromatic heterocycles. The molecule has 0 heterocycles. The minimum Gasteiger partial charge on any atom is -0.378 e. The van der Waals surface area contributed by atoms with E-state index < -0.39 is 0 Å². The van der Waals surface area contributed by atoms with Crippen LogP contribution >= 0.6 is 0 Å². The van der Waals surface area contributed by atoms with Gasteiger partial charge in [-0.15, -0.1) is 0 Å². The molecule has 0 aliphatic heterocycles. The lowest BCUT2D eigenvalue weighted by atomic mass is 9.98. The smallest absolute Gasteiger partial charge is 0.191 e. The molecule has 0 aromatic rings. The molecule has 1 fully saturated rings. The summed E-state index contributed by atoms with van der Waals surface area (Å²) in [7, 11) is 0. The van der Waals surface area contributed by atoms with Gasteiger partial charge in [-0.25, -0.2) is 0 Å². The lowest BCUT2D eigenvalue weighted by molar-refractivity contribution is 0.0264. The molecule has 0 amide bonds. The van der Waals surface area contributed by atoms with Gasteiger partial charge in [-0.2, -0.15) is 0 Å². The van der Waals surface area contributed by atoms with E-state index in [-0.39, 0.29) is 0 Å². The van der Waals surface area contributed by atoms with Gasteiger partial charge in [0.2, 0.25) is 0 Å². The van der Waals surface area contributed by atoms with Gasteiger partial charge in [-0.1, -0.05) is 19.3 Å². The molecule has 118 valence electrons. The van der Waals surface area contributed by atoms with Crippen molar-refractivity contribution in [1.29, 1.82) is 0 Å². The van der Waals surface area contributed by atoms with Crippen LogP contribution in [0.4, 0.5) is 0 Å². The number of rotatable bonds is 9. The van der Waals surface area contributed by atoms with Crippen LogP contribution in [0.1, 0.15) is 65.2 Å². The second-order valence-electron chi connectivity index (χ2n) is 5.48. The molecule has 0 aromatic carbocycles. The number of ether oxygens (including phenoxy) is 1. The van der Waals surface area contributed by atoms with Crippen LogP contribution in [0.15, 0.2) is 4.99 Å². The fraction of sp³-hybridized carbons (Fsp3) is 0.938. The summed E-state index contributed by atoms with van der Waals surface area (Å²) in [4.78, 5) is 4.54. The fourth-order valence-corrected chi connectivity index (χ4v) is 2.57. The summed E-state index contributed by atoms with van der Waals surface area (Å²) in [6, 6.07) is 0. The Labute approximate surface area is 124 Å². The van der Waals surface area contributed by atoms with Crippen LogP contribution in [0, 0.1) is 0 Å². The Morgan fingerprint density at radius 1 is 1.00 bits per heavy atom. The highest BCUT2D eigenvalue weighted by molar-refractivity contribution is 5.79. The first kappa shape index (κ1) is 17.3. The van der Waals surface area contributed by atoms with Crippen molar-refractivity contribution in [3.8, 4) is 0 Å². The maximum absolute atomic E-state index is 5.93. The zero-order valence-corrected chi connectivity index (χ0v) is 13.4. The van der Waals surface area contributed by atoms with Crippen molar-refractivity contribution >= 4 is 5.96 Å². The summed E-state index contributed by atoms with van der Waals surface area (Å²) in [6.07, 6.45) is 10.7. The monoisotopic (exact) mass is 283 g/mol. The lowest BCUT2D eigenvalue weighted by Gasteiger charge is -2.21. The molecule has 1 rings (SSSR count). The summed E-state index contributed by atoms with van der Waals surface area (Å²) in [6.45, 7) is 7.85. The summed E-state index contributed by atoms with van der Waals surface area (Å²) in [5.74, 6) is 0.938. The minimum atomic E-state index is 0.552. The van der Waals surface area contributed by atoms with Crippen LogP contribution in [-0.2, 0) is 4.74 Å². The van der Waals surface area contributed by atoms with Crippen molar-refractivity contribution in [3.05, 3.63) is 0 Å². The van der Waals surface area contributed by atoms with E-state index in [4.69, 9.17) is 4.74 Å². The molecular weight excluding hydrogens is 250 g/mol. The quantitative estimate of drug-likeness (QED) is 0.388. The lowest BCUT2D eigenvalue weighted by Crippen LogP contribution is -2.37. The molecule has 0 saturated heterocycles. The number of aliphatic imine (C=N–C) groups is 1. The second-order valence-corrected chi connectivity index (χ2v) is 5.48. The first-order valence-corrected chi connectivity index (χ1v) is 8.50. The largest absolute Gasteiger partial charge is 0.378 e. The number of nitrogens with one attached hydrogen (secondary N) is 2. The van der Waals surface area contributed by atoms with Gasteiger partial charge in [0.15, 0.2) is 5.96 Å². The number of nitrogens with zero attached hydrogens (tertiary/aromatic N) is 1. The van der Waals surface area contributed by atoms with Gasteiger partial charge in [0.25, 0.3) is 0 Å². The summed E-state index contributed by atoms with van der Waals surface area (Å²) in [5, 5.41) is 6.49. The predicted octanol–water partition coefficient (Wildman–Crippen LogP) is 3.08. The minimum absolute atomic E-state index is 0.552. The van der Waals surface area contributed by atoms with Gasteiger partial charge in [-0.3, -0.25) is 4.99 Å². The van der Waals surface area contributed by atoms with Crippen LogP contribution in [0.5, 0.6) is 0 Å². The Kier molecular flexibility index (Phi) is 10.4. The Bertz CT molecular complexity index is 242. The average Bonchev–Trinajstić information content (AvgIpc) is 2.47. The number of hydrogen-bond donors (Lipinski definition) is 2. The highest BCUT2D eigenvalue weighted by atomic mass is 16.5. The zero-order valence-electron chi connectivity index (χ0n) is 13.4. The zero-order chi connectivity index (χ0) is 14.5. The van der Waals surface area contributed by atoms with Crippen LogP contribution in [0.2, 0.25) is 0 Å². The van der Waals surface area contributed by atoms with Crippen molar-refractivity contribution < 1.29 is 4.74 Å². The Balaban J connectivity index is 1.96. The van der Waals surface area contributed by atoms with Gasteiger partial charge in [0.1, 0.15) is 0 Å². The summed E-state index contributed by atoms with van der Waals surface area (Å²) in [5.41, 5.74) is 0. The van der Waals surface area contributed by atoms with E-state index in [1.54, 1.807) is 0 Å². The Hall–Kier alpha value is -0.770. The third-order valence-corrected chi connectivity index (χ3v) is 3.67. The van der Waals surface area contributed by atoms with Crippen molar-refractivity contribution in [2.24, 2.45) is 4.99 Å². The summed E-state index contributed by atoms with van der Waals surface area (Å²) >= 11 is 0. The third kappa shape index (κ3) is 8.41. The van der Waals surface area contributed by atoms with Crippen LogP contribution < -0.4 is 10.6 Å². The first-order chi connectivity index (χ1) is 9.86. The van der Waals surface area contributed by atoms with E-state index >= 15 is 0 Å². The van der Waals surface area contributed by atoms with Crippen molar-refractivity contribution in [2.75, 3.05) is 26.2 Å². The standard InChI is InChI=1S/C16H33N3O/c1-3-17-16(18-4-2)19-13-9-6-10-14-20-15-11-7-5-8-12-15/h15H,3-14H2,1-2H3,(H2,17,18,19). The van der Waals surface area contributed by atoms with Crippen molar-refractivity contribution in [1.82, 2.24) is 10.6 Å². The second kappa shape index (κ2) is 12.0. The van der Waals surface area contributed by atoms with Crippen LogP contribution in [-0.4, -0.2) is 38.3 Å². The third-order valence-electron chi connectivity index (χ3n) is 3.67. The number of hydrogen-bond acceptors (Lipinski definition) is 2. The SMILES string of the molecule is CCNC(=NCCCCCOC1CCCCC1)NCC. The maximum Gasteiger partial charge on any atom is 0.191 e. The Morgan fingerprint density at radius 3 is 2.35 bits per heavy atom. The Morgan fingerprint density at radius 2 is 1.70 bits per heavy atom. The van der Waals surface area contributed by atoms with Gasteiger partial charge in [-0.05, 0) is 46.0 Å². The van der Waals surface area contributed by atoms with Crippen molar-refractivity contribution in [2.45, 2.75) is 71.3 Å². The molecule has 2 N–H and O–H groups in total. The van der Waals surface area contributed by atoms with Gasteiger partial charge < -0.3 is 15.4 Å². The molecule has 4 nitrogen and oxygen atoms in total. The molecule has 20 heavy (non-hydrogen) atoms. The maximum atomic E-state index is 5.93. The molecule has 1 saturated carbocycles. The average molecular weight is 283 g/mol. The first-order valence-electron chi connectivity index (χ1n) is 8.50. The van der Waals surface area contributed by atoms with E-state index in [2.05, 4.69) is 29.5 Å². The van der Waals surface area contributed by atoms with Crippen LogP contribution in [0.25, 0.3) is 0 Å². The van der Waals surface area contributed by atoms with Crippen molar-refractivity contribution in [3.63, 3.8) is 0 Å². The van der Waals surface area contributed by atoms with E-state index in [1.807, 2.05) is 0 Å². The molecular formula is C16H33N3O. The molecule has 1 aliphatic rings. The number of guanidine groups is 1.